The summed E-state index contributed by atoms with van der Waals surface area (Å²) in [5.74, 6) is 2.21. The highest BCUT2D eigenvalue weighted by molar-refractivity contribution is 7.94. The molecule has 15 nitrogen and oxygen atoms in total. The van der Waals surface area contributed by atoms with E-state index >= 15 is 0 Å². The van der Waals surface area contributed by atoms with Crippen molar-refractivity contribution in [3.05, 3.63) is 106 Å². The maximum atomic E-state index is 12.7. The number of pyridine rings is 2. The van der Waals surface area contributed by atoms with Crippen LogP contribution in [0.4, 0.5) is 5.95 Å². The SMILES string of the molecule is CN1CCN(CCCNc2ncc3cc(Oc4ccccc4)c(=O)n(C)c3n2)CC1.COOSc1ncc2cc(Oc3ccccc3)c(=O)n(C)c2n1. The molecule has 1 aliphatic heterocycles. The van der Waals surface area contributed by atoms with Gasteiger partial charge in [-0.25, -0.2) is 19.8 Å². The highest BCUT2D eigenvalue weighted by Crippen LogP contribution is 2.24. The zero-order valence-corrected chi connectivity index (χ0v) is 30.8. The van der Waals surface area contributed by atoms with E-state index in [-0.39, 0.29) is 22.6 Å². The number of nitrogens with one attached hydrogen (secondary N) is 1. The largest absolute Gasteiger partial charge is 0.452 e. The highest BCUT2D eigenvalue weighted by Gasteiger charge is 2.15. The van der Waals surface area contributed by atoms with Crippen LogP contribution in [-0.2, 0) is 23.3 Å². The molecule has 7 rings (SSSR count). The number of para-hydroxylation sites is 2. The Hall–Kier alpha value is -5.39. The smallest absolute Gasteiger partial charge is 0.294 e. The molecule has 1 N–H and O–H groups in total. The molecule has 0 spiro atoms. The first kappa shape index (κ1) is 37.4. The quantitative estimate of drug-likeness (QED) is 0.0597. The number of rotatable bonds is 12. The van der Waals surface area contributed by atoms with Crippen molar-refractivity contribution in [1.82, 2.24) is 38.9 Å². The van der Waals surface area contributed by atoms with Crippen LogP contribution in [0.3, 0.4) is 0 Å². The van der Waals surface area contributed by atoms with Crippen LogP contribution in [0, 0.1) is 0 Å². The summed E-state index contributed by atoms with van der Waals surface area (Å²) >= 11 is 0.866. The van der Waals surface area contributed by atoms with E-state index in [0.29, 0.717) is 39.3 Å². The van der Waals surface area contributed by atoms with E-state index in [4.69, 9.17) is 13.8 Å². The van der Waals surface area contributed by atoms with Crippen LogP contribution in [-0.4, -0.2) is 92.3 Å². The van der Waals surface area contributed by atoms with Gasteiger partial charge >= 0.3 is 0 Å². The summed E-state index contributed by atoms with van der Waals surface area (Å²) in [4.78, 5) is 51.8. The number of anilines is 1. The van der Waals surface area contributed by atoms with E-state index in [1.807, 2.05) is 48.5 Å². The minimum absolute atomic E-state index is 0.211. The number of nitrogens with zero attached hydrogens (tertiary/aromatic N) is 8. The lowest BCUT2D eigenvalue weighted by atomic mass is 10.3. The molecule has 0 amide bonds. The first-order valence-electron chi connectivity index (χ1n) is 17.0. The van der Waals surface area contributed by atoms with Gasteiger partial charge < -0.3 is 24.6 Å². The number of aryl methyl sites for hydroxylation is 2. The lowest BCUT2D eigenvalue weighted by Crippen LogP contribution is -2.44. The topological polar surface area (TPSA) is 151 Å². The van der Waals surface area contributed by atoms with Crippen molar-refractivity contribution in [2.24, 2.45) is 14.1 Å². The summed E-state index contributed by atoms with van der Waals surface area (Å²) in [6.07, 6.45) is 4.34. The number of hydrogen-bond donors (Lipinski definition) is 1. The highest BCUT2D eigenvalue weighted by atomic mass is 32.2. The normalized spacial score (nSPS) is 13.4. The van der Waals surface area contributed by atoms with Gasteiger partial charge in [-0.1, -0.05) is 36.4 Å². The summed E-state index contributed by atoms with van der Waals surface area (Å²) in [5, 5.41) is 5.06. The predicted octanol–water partition coefficient (Wildman–Crippen LogP) is 4.88. The molecule has 276 valence electrons. The van der Waals surface area contributed by atoms with Gasteiger partial charge in [-0.05, 0) is 56.4 Å². The lowest BCUT2D eigenvalue weighted by Gasteiger charge is -2.32. The van der Waals surface area contributed by atoms with Gasteiger partial charge in [0.25, 0.3) is 11.1 Å². The summed E-state index contributed by atoms with van der Waals surface area (Å²) in [6, 6.07) is 21.7. The van der Waals surface area contributed by atoms with Gasteiger partial charge in [0.15, 0.2) is 11.5 Å². The van der Waals surface area contributed by atoms with Crippen LogP contribution in [0.1, 0.15) is 6.42 Å². The third-order valence-electron chi connectivity index (χ3n) is 8.46. The number of piperazine rings is 1. The third kappa shape index (κ3) is 9.74. The molecular weight excluding hydrogens is 699 g/mol. The van der Waals surface area contributed by atoms with Crippen molar-refractivity contribution in [3.63, 3.8) is 0 Å². The Bertz CT molecular complexity index is 2250. The van der Waals surface area contributed by atoms with Gasteiger partial charge in [-0.3, -0.25) is 18.7 Å². The standard InChI is InChI=1S/C22H28N6O2.C15H13N3O4S/c1-26-11-13-28(14-12-26)10-6-9-23-22-24-16-17-15-19(21(29)27(2)20(17)25-22)30-18-7-4-3-5-8-18;1-18-13-10(9-16-15(17-13)23-22-20-2)8-12(14(18)19)21-11-6-4-3-5-7-11/h3-5,7-8,15-16H,6,9-14H2,1-2H3,(H,23,24,25);3-9H,1-2H3. The Balaban J connectivity index is 0.000000188. The van der Waals surface area contributed by atoms with Gasteiger partial charge in [0.1, 0.15) is 34.8 Å². The monoisotopic (exact) mass is 739 g/mol. The molecule has 4 aromatic heterocycles. The fraction of sp³-hybridized carbons (Fsp3) is 0.297. The van der Waals surface area contributed by atoms with E-state index in [0.717, 1.165) is 63.1 Å². The van der Waals surface area contributed by atoms with Crippen LogP contribution in [0.15, 0.2) is 99.9 Å². The Morgan fingerprint density at radius 3 is 1.85 bits per heavy atom. The van der Waals surface area contributed by atoms with Crippen LogP contribution in [0.5, 0.6) is 23.0 Å². The zero-order valence-electron chi connectivity index (χ0n) is 30.0. The van der Waals surface area contributed by atoms with Crippen LogP contribution in [0.25, 0.3) is 22.1 Å². The van der Waals surface area contributed by atoms with Crippen LogP contribution < -0.4 is 25.9 Å². The van der Waals surface area contributed by atoms with E-state index in [1.54, 1.807) is 50.8 Å². The van der Waals surface area contributed by atoms with Gasteiger partial charge in [0.2, 0.25) is 11.1 Å². The molecule has 1 fully saturated rings. The maximum Gasteiger partial charge on any atom is 0.294 e. The van der Waals surface area contributed by atoms with Gasteiger partial charge in [0.05, 0.1) is 7.11 Å². The van der Waals surface area contributed by atoms with E-state index in [2.05, 4.69) is 47.0 Å². The second-order valence-corrected chi connectivity index (χ2v) is 12.9. The zero-order chi connectivity index (χ0) is 37.2. The predicted molar refractivity (Wildman–Crippen MR) is 204 cm³/mol. The molecule has 0 aliphatic carbocycles. The van der Waals surface area contributed by atoms with E-state index in [1.165, 1.54) is 16.2 Å². The number of hydrogen-bond acceptors (Lipinski definition) is 14. The van der Waals surface area contributed by atoms with Crippen molar-refractivity contribution >= 4 is 40.1 Å². The number of benzene rings is 2. The summed E-state index contributed by atoms with van der Waals surface area (Å²) in [6.45, 7) is 6.36. The minimum atomic E-state index is -0.288. The Labute approximate surface area is 310 Å². The van der Waals surface area contributed by atoms with Gasteiger partial charge in [0, 0.05) is 70.0 Å². The number of aromatic nitrogens is 6. The molecule has 16 heteroatoms. The van der Waals surface area contributed by atoms with Crippen LogP contribution in [0.2, 0.25) is 0 Å². The minimum Gasteiger partial charge on any atom is -0.452 e. The summed E-state index contributed by atoms with van der Waals surface area (Å²) < 4.78 is 19.0. The third-order valence-corrected chi connectivity index (χ3v) is 9.01. The average molecular weight is 740 g/mol. The Morgan fingerprint density at radius 2 is 1.28 bits per heavy atom. The first-order chi connectivity index (χ1) is 25.8. The molecule has 1 saturated heterocycles. The Morgan fingerprint density at radius 1 is 0.736 bits per heavy atom. The first-order valence-corrected chi connectivity index (χ1v) is 17.7. The van der Waals surface area contributed by atoms with E-state index in [9.17, 15) is 9.59 Å². The molecule has 0 radical (unpaired) electrons. The second kappa shape index (κ2) is 17.9. The fourth-order valence-corrected chi connectivity index (χ4v) is 5.91. The fourth-order valence-electron chi connectivity index (χ4n) is 5.56. The van der Waals surface area contributed by atoms with Crippen molar-refractivity contribution in [3.8, 4) is 23.0 Å². The molecule has 1 aliphatic rings. The van der Waals surface area contributed by atoms with Gasteiger partial charge in [-0.2, -0.15) is 9.32 Å². The second-order valence-electron chi connectivity index (χ2n) is 12.2. The number of ether oxygens (including phenoxy) is 2. The lowest BCUT2D eigenvalue weighted by molar-refractivity contribution is -0.160. The molecule has 0 saturated carbocycles. The molecular formula is C37H41N9O6S. The maximum absolute atomic E-state index is 12.7. The molecule has 53 heavy (non-hydrogen) atoms. The van der Waals surface area contributed by atoms with Crippen molar-refractivity contribution < 1.29 is 18.7 Å². The van der Waals surface area contributed by atoms with Crippen molar-refractivity contribution in [2.45, 2.75) is 11.6 Å². The van der Waals surface area contributed by atoms with Crippen LogP contribution >= 0.6 is 12.0 Å². The number of likely N-dealkylation sites (N-methyl/N-ethyl adjacent to an activating group) is 1. The van der Waals surface area contributed by atoms with Crippen molar-refractivity contribution in [2.75, 3.05) is 58.7 Å². The molecule has 5 heterocycles. The van der Waals surface area contributed by atoms with E-state index < -0.39 is 0 Å². The summed E-state index contributed by atoms with van der Waals surface area (Å²) in [5.41, 5.74) is 0.541. The van der Waals surface area contributed by atoms with Crippen molar-refractivity contribution in [1.29, 1.82) is 0 Å². The average Bonchev–Trinajstić information content (AvgIpc) is 3.18. The number of fused-ring (bicyclic) bond motifs is 2. The Kier molecular flexibility index (Phi) is 12.6. The molecule has 0 atom stereocenters. The molecule has 0 bridgehead atoms. The molecule has 0 unspecified atom stereocenters. The van der Waals surface area contributed by atoms with Gasteiger partial charge in [-0.15, -0.1) is 0 Å². The molecule has 2 aromatic carbocycles. The summed E-state index contributed by atoms with van der Waals surface area (Å²) in [7, 11) is 6.88. The molecule has 6 aromatic rings.